The van der Waals surface area contributed by atoms with Gasteiger partial charge in [0.25, 0.3) is 0 Å². The standard InChI is InChI=1S/C12H13N3O2S/c1-18(16,17)12-7-3-2-6-11(12)13-9-10-5-4-8-14-15-10/h2-8,13H,9H2,1H3. The number of hydrogen-bond donors (Lipinski definition) is 1. The Bertz CT molecular complexity index is 627. The van der Waals surface area contributed by atoms with Crippen LogP contribution >= 0.6 is 0 Å². The summed E-state index contributed by atoms with van der Waals surface area (Å²) >= 11 is 0. The molecule has 1 aromatic heterocycles. The molecule has 5 nitrogen and oxygen atoms in total. The molecular weight excluding hydrogens is 250 g/mol. The van der Waals surface area contributed by atoms with Gasteiger partial charge in [0.05, 0.1) is 22.8 Å². The average Bonchev–Trinajstić information content (AvgIpc) is 2.37. The summed E-state index contributed by atoms with van der Waals surface area (Å²) in [5.74, 6) is 0. The first-order valence-corrected chi connectivity index (χ1v) is 7.26. The third kappa shape index (κ3) is 3.04. The van der Waals surface area contributed by atoms with E-state index in [1.807, 2.05) is 6.07 Å². The first kappa shape index (κ1) is 12.5. The summed E-state index contributed by atoms with van der Waals surface area (Å²) in [4.78, 5) is 0.286. The second kappa shape index (κ2) is 5.14. The van der Waals surface area contributed by atoms with Gasteiger partial charge in [-0.2, -0.15) is 10.2 Å². The maximum atomic E-state index is 11.6. The molecule has 2 rings (SSSR count). The first-order chi connectivity index (χ1) is 8.57. The number of nitrogens with zero attached hydrogens (tertiary/aromatic N) is 2. The predicted molar refractivity (Wildman–Crippen MR) is 68.9 cm³/mol. The minimum atomic E-state index is -3.24. The predicted octanol–water partition coefficient (Wildman–Crippen LogP) is 1.49. The zero-order valence-electron chi connectivity index (χ0n) is 9.87. The van der Waals surface area contributed by atoms with Crippen molar-refractivity contribution in [3.05, 3.63) is 48.3 Å². The molecule has 0 aliphatic carbocycles. The van der Waals surface area contributed by atoms with E-state index in [1.54, 1.807) is 36.5 Å². The van der Waals surface area contributed by atoms with E-state index < -0.39 is 9.84 Å². The van der Waals surface area contributed by atoms with Crippen molar-refractivity contribution in [2.75, 3.05) is 11.6 Å². The highest BCUT2D eigenvalue weighted by Gasteiger charge is 2.11. The van der Waals surface area contributed by atoms with E-state index >= 15 is 0 Å². The molecule has 0 saturated carbocycles. The average molecular weight is 263 g/mol. The number of sulfone groups is 1. The zero-order chi connectivity index (χ0) is 13.0. The Hall–Kier alpha value is -1.95. The third-order valence-electron chi connectivity index (χ3n) is 2.37. The van der Waals surface area contributed by atoms with Crippen LogP contribution in [-0.4, -0.2) is 24.9 Å². The van der Waals surface area contributed by atoms with Crippen LogP contribution in [0.2, 0.25) is 0 Å². The second-order valence-corrected chi connectivity index (χ2v) is 5.82. The fourth-order valence-corrected chi connectivity index (χ4v) is 2.41. The lowest BCUT2D eigenvalue weighted by molar-refractivity contribution is 0.602. The maximum absolute atomic E-state index is 11.6. The topological polar surface area (TPSA) is 72.0 Å². The highest BCUT2D eigenvalue weighted by Crippen LogP contribution is 2.20. The van der Waals surface area contributed by atoms with Crippen molar-refractivity contribution in [3.63, 3.8) is 0 Å². The highest BCUT2D eigenvalue weighted by atomic mass is 32.2. The molecule has 0 atom stereocenters. The summed E-state index contributed by atoms with van der Waals surface area (Å²) in [5.41, 5.74) is 1.33. The number of nitrogens with one attached hydrogen (secondary N) is 1. The van der Waals surface area contributed by atoms with Crippen LogP contribution in [0.25, 0.3) is 0 Å². The molecule has 0 fully saturated rings. The van der Waals surface area contributed by atoms with Gasteiger partial charge in [-0.25, -0.2) is 8.42 Å². The Morgan fingerprint density at radius 2 is 1.94 bits per heavy atom. The SMILES string of the molecule is CS(=O)(=O)c1ccccc1NCc1cccnn1. The smallest absolute Gasteiger partial charge is 0.177 e. The van der Waals surface area contributed by atoms with Crippen molar-refractivity contribution in [1.82, 2.24) is 10.2 Å². The van der Waals surface area contributed by atoms with Gasteiger partial charge in [-0.3, -0.25) is 0 Å². The summed E-state index contributed by atoms with van der Waals surface area (Å²) in [6, 6.07) is 10.4. The van der Waals surface area contributed by atoms with Gasteiger partial charge in [-0.1, -0.05) is 12.1 Å². The van der Waals surface area contributed by atoms with E-state index in [0.29, 0.717) is 12.2 Å². The van der Waals surface area contributed by atoms with Crippen molar-refractivity contribution in [1.29, 1.82) is 0 Å². The van der Waals surface area contributed by atoms with Gasteiger partial charge in [-0.15, -0.1) is 0 Å². The Morgan fingerprint density at radius 1 is 1.17 bits per heavy atom. The number of benzene rings is 1. The van der Waals surface area contributed by atoms with E-state index in [9.17, 15) is 8.42 Å². The molecule has 0 saturated heterocycles. The van der Waals surface area contributed by atoms with Crippen LogP contribution in [0.4, 0.5) is 5.69 Å². The summed E-state index contributed by atoms with van der Waals surface area (Å²) in [7, 11) is -3.24. The molecule has 6 heteroatoms. The van der Waals surface area contributed by atoms with Crippen molar-refractivity contribution in [3.8, 4) is 0 Å². The Labute approximate surface area is 106 Å². The minimum absolute atomic E-state index is 0.286. The summed E-state index contributed by atoms with van der Waals surface area (Å²) in [5, 5.41) is 10.7. The molecule has 1 heterocycles. The lowest BCUT2D eigenvalue weighted by Crippen LogP contribution is -2.07. The number of anilines is 1. The number of hydrogen-bond acceptors (Lipinski definition) is 5. The third-order valence-corrected chi connectivity index (χ3v) is 3.53. The molecule has 0 aliphatic heterocycles. The lowest BCUT2D eigenvalue weighted by Gasteiger charge is -2.09. The molecular formula is C12H13N3O2S. The van der Waals surface area contributed by atoms with Gasteiger partial charge < -0.3 is 5.32 Å². The molecule has 0 bridgehead atoms. The van der Waals surface area contributed by atoms with Crippen LogP contribution < -0.4 is 5.32 Å². The summed E-state index contributed by atoms with van der Waals surface area (Å²) in [6.45, 7) is 0.431. The van der Waals surface area contributed by atoms with Gasteiger partial charge >= 0.3 is 0 Å². The molecule has 2 aromatic rings. The van der Waals surface area contributed by atoms with E-state index in [2.05, 4.69) is 15.5 Å². The Balaban J connectivity index is 2.20. The maximum Gasteiger partial charge on any atom is 0.177 e. The lowest BCUT2D eigenvalue weighted by atomic mass is 10.3. The van der Waals surface area contributed by atoms with Crippen molar-refractivity contribution < 1.29 is 8.42 Å². The van der Waals surface area contributed by atoms with Crippen LogP contribution in [0.1, 0.15) is 5.69 Å². The molecule has 0 radical (unpaired) electrons. The quantitative estimate of drug-likeness (QED) is 0.905. The monoisotopic (exact) mass is 263 g/mol. The Morgan fingerprint density at radius 3 is 2.61 bits per heavy atom. The zero-order valence-corrected chi connectivity index (χ0v) is 10.7. The van der Waals surface area contributed by atoms with Crippen LogP contribution in [0.15, 0.2) is 47.5 Å². The van der Waals surface area contributed by atoms with E-state index in [-0.39, 0.29) is 4.90 Å². The van der Waals surface area contributed by atoms with Crippen molar-refractivity contribution in [2.45, 2.75) is 11.4 Å². The van der Waals surface area contributed by atoms with Gasteiger partial charge in [0.1, 0.15) is 0 Å². The van der Waals surface area contributed by atoms with Crippen molar-refractivity contribution in [2.24, 2.45) is 0 Å². The molecule has 18 heavy (non-hydrogen) atoms. The molecule has 0 spiro atoms. The molecule has 94 valence electrons. The van der Waals surface area contributed by atoms with E-state index in [0.717, 1.165) is 5.69 Å². The number of para-hydroxylation sites is 1. The molecule has 0 unspecified atom stereocenters. The second-order valence-electron chi connectivity index (χ2n) is 3.84. The number of aromatic nitrogens is 2. The normalized spacial score (nSPS) is 11.2. The van der Waals surface area contributed by atoms with Gasteiger partial charge in [0, 0.05) is 12.5 Å². The highest BCUT2D eigenvalue weighted by molar-refractivity contribution is 7.90. The summed E-state index contributed by atoms with van der Waals surface area (Å²) < 4.78 is 23.2. The van der Waals surface area contributed by atoms with Gasteiger partial charge in [0.15, 0.2) is 9.84 Å². The molecule has 0 amide bonds. The van der Waals surface area contributed by atoms with E-state index in [1.165, 1.54) is 6.26 Å². The molecule has 1 aromatic carbocycles. The van der Waals surface area contributed by atoms with Crippen LogP contribution in [0.3, 0.4) is 0 Å². The molecule has 0 aliphatic rings. The fraction of sp³-hybridized carbons (Fsp3) is 0.167. The number of rotatable bonds is 4. The van der Waals surface area contributed by atoms with Crippen LogP contribution in [-0.2, 0) is 16.4 Å². The minimum Gasteiger partial charge on any atom is -0.378 e. The van der Waals surface area contributed by atoms with Crippen LogP contribution in [0.5, 0.6) is 0 Å². The van der Waals surface area contributed by atoms with Gasteiger partial charge in [0.2, 0.25) is 0 Å². The summed E-state index contributed by atoms with van der Waals surface area (Å²) in [6.07, 6.45) is 2.78. The van der Waals surface area contributed by atoms with E-state index in [4.69, 9.17) is 0 Å². The fourth-order valence-electron chi connectivity index (χ4n) is 1.55. The molecule has 1 N–H and O–H groups in total. The van der Waals surface area contributed by atoms with Crippen LogP contribution in [0, 0.1) is 0 Å². The van der Waals surface area contributed by atoms with Crippen molar-refractivity contribution >= 4 is 15.5 Å². The first-order valence-electron chi connectivity index (χ1n) is 5.37. The largest absolute Gasteiger partial charge is 0.378 e. The van der Waals surface area contributed by atoms with Gasteiger partial charge in [-0.05, 0) is 24.3 Å². The Kier molecular flexibility index (Phi) is 3.57.